The Hall–Kier alpha value is -3.17. The van der Waals surface area contributed by atoms with Gasteiger partial charge in [0.15, 0.2) is 9.84 Å². The summed E-state index contributed by atoms with van der Waals surface area (Å²) >= 11 is 0. The summed E-state index contributed by atoms with van der Waals surface area (Å²) in [4.78, 5) is 12.9. The molecule has 1 N–H and O–H groups in total. The Balaban J connectivity index is 1.73. The normalized spacial score (nSPS) is 12.7. The van der Waals surface area contributed by atoms with Crippen molar-refractivity contribution < 1.29 is 21.6 Å². The number of sulfonamides is 1. The maximum atomic E-state index is 12.7. The van der Waals surface area contributed by atoms with Crippen molar-refractivity contribution in [3.05, 3.63) is 95.1 Å². The summed E-state index contributed by atoms with van der Waals surface area (Å²) in [5, 5.41) is 2.87. The zero-order chi connectivity index (χ0) is 25.1. The van der Waals surface area contributed by atoms with E-state index in [-0.39, 0.29) is 23.4 Å². The van der Waals surface area contributed by atoms with Gasteiger partial charge in [0.25, 0.3) is 5.91 Å². The first-order valence-corrected chi connectivity index (χ1v) is 14.3. The Bertz CT molecular complexity index is 1360. The number of aryl methyl sites for hydroxylation is 1. The Morgan fingerprint density at radius 3 is 1.91 bits per heavy atom. The number of rotatable bonds is 8. The minimum Gasteiger partial charge on any atom is -0.346 e. The molecule has 0 bridgehead atoms. The van der Waals surface area contributed by atoms with E-state index in [1.54, 1.807) is 43.3 Å². The van der Waals surface area contributed by atoms with Crippen LogP contribution >= 0.6 is 0 Å². The molecule has 3 aromatic carbocycles. The molecule has 0 aliphatic carbocycles. The van der Waals surface area contributed by atoms with E-state index < -0.39 is 19.9 Å². The van der Waals surface area contributed by atoms with Gasteiger partial charge in [-0.1, -0.05) is 42.0 Å². The third-order valence-electron chi connectivity index (χ3n) is 5.42. The second kappa shape index (κ2) is 9.99. The first kappa shape index (κ1) is 25.5. The molecule has 0 saturated heterocycles. The van der Waals surface area contributed by atoms with Crippen molar-refractivity contribution in [2.45, 2.75) is 31.3 Å². The van der Waals surface area contributed by atoms with Crippen molar-refractivity contribution in [1.82, 2.24) is 5.32 Å². The highest BCUT2D eigenvalue weighted by Gasteiger charge is 2.19. The van der Waals surface area contributed by atoms with Crippen molar-refractivity contribution in [3.63, 3.8) is 0 Å². The molecule has 9 heteroatoms. The van der Waals surface area contributed by atoms with Gasteiger partial charge in [0, 0.05) is 11.8 Å². The molecule has 34 heavy (non-hydrogen) atoms. The largest absolute Gasteiger partial charge is 0.346 e. The molecule has 0 aliphatic rings. The number of amides is 1. The number of benzene rings is 3. The number of nitrogens with zero attached hydrogens (tertiary/aromatic N) is 1. The Kier molecular flexibility index (Phi) is 7.48. The van der Waals surface area contributed by atoms with Crippen LogP contribution in [0.2, 0.25) is 0 Å². The molecule has 3 aromatic rings. The van der Waals surface area contributed by atoms with Crippen LogP contribution in [-0.4, -0.2) is 35.3 Å². The Morgan fingerprint density at radius 2 is 1.41 bits per heavy atom. The highest BCUT2D eigenvalue weighted by molar-refractivity contribution is 7.92. The van der Waals surface area contributed by atoms with Crippen molar-refractivity contribution in [1.29, 1.82) is 0 Å². The van der Waals surface area contributed by atoms with E-state index in [9.17, 15) is 21.6 Å². The van der Waals surface area contributed by atoms with Crippen LogP contribution in [0.1, 0.15) is 40.0 Å². The second-order valence-electron chi connectivity index (χ2n) is 8.34. The molecule has 0 heterocycles. The van der Waals surface area contributed by atoms with E-state index in [1.807, 2.05) is 31.2 Å². The van der Waals surface area contributed by atoms with Crippen molar-refractivity contribution in [2.24, 2.45) is 0 Å². The highest BCUT2D eigenvalue weighted by Crippen LogP contribution is 2.22. The highest BCUT2D eigenvalue weighted by atomic mass is 32.2. The fourth-order valence-corrected chi connectivity index (χ4v) is 4.92. The molecule has 0 saturated carbocycles. The number of sulfone groups is 1. The standard InChI is InChI=1S/C25H28N2O5S2/c1-18-5-7-20(8-6-18)17-27(34(4,31)32)23-13-9-22(10-14-23)25(28)26-19(2)21-11-15-24(16-12-21)33(3,29)30/h5-16,19H,17H2,1-4H3,(H,26,28). The molecule has 0 radical (unpaired) electrons. The molecule has 0 spiro atoms. The summed E-state index contributed by atoms with van der Waals surface area (Å²) in [5.41, 5.74) is 3.55. The third kappa shape index (κ3) is 6.45. The van der Waals surface area contributed by atoms with E-state index in [4.69, 9.17) is 0 Å². The zero-order valence-electron chi connectivity index (χ0n) is 19.5. The van der Waals surface area contributed by atoms with Gasteiger partial charge < -0.3 is 5.32 Å². The van der Waals surface area contributed by atoms with Crippen LogP contribution in [0, 0.1) is 6.92 Å². The van der Waals surface area contributed by atoms with Gasteiger partial charge in [-0.05, 0) is 61.4 Å². The molecule has 7 nitrogen and oxygen atoms in total. The summed E-state index contributed by atoms with van der Waals surface area (Å²) < 4.78 is 49.4. The lowest BCUT2D eigenvalue weighted by Crippen LogP contribution is -2.29. The average molecular weight is 501 g/mol. The molecule has 0 fully saturated rings. The number of hydrogen-bond acceptors (Lipinski definition) is 5. The zero-order valence-corrected chi connectivity index (χ0v) is 21.2. The van der Waals surface area contributed by atoms with Crippen LogP contribution in [0.25, 0.3) is 0 Å². The summed E-state index contributed by atoms with van der Waals surface area (Å²) in [6, 6.07) is 20.0. The predicted octanol–water partition coefficient (Wildman–Crippen LogP) is 3.86. The number of nitrogens with one attached hydrogen (secondary N) is 1. The summed E-state index contributed by atoms with van der Waals surface area (Å²) in [5.74, 6) is -0.323. The summed E-state index contributed by atoms with van der Waals surface area (Å²) in [6.45, 7) is 3.95. The third-order valence-corrected chi connectivity index (χ3v) is 7.69. The van der Waals surface area contributed by atoms with Crippen molar-refractivity contribution in [3.8, 4) is 0 Å². The molecular weight excluding hydrogens is 472 g/mol. The van der Waals surface area contributed by atoms with Crippen LogP contribution in [0.15, 0.2) is 77.7 Å². The van der Waals surface area contributed by atoms with Gasteiger partial charge in [0.05, 0.1) is 29.4 Å². The topological polar surface area (TPSA) is 101 Å². The van der Waals surface area contributed by atoms with Crippen LogP contribution < -0.4 is 9.62 Å². The average Bonchev–Trinajstić information content (AvgIpc) is 2.77. The first-order chi connectivity index (χ1) is 15.8. The molecule has 0 aromatic heterocycles. The van der Waals surface area contributed by atoms with Gasteiger partial charge >= 0.3 is 0 Å². The van der Waals surface area contributed by atoms with E-state index >= 15 is 0 Å². The van der Waals surface area contributed by atoms with Gasteiger partial charge in [0.1, 0.15) is 0 Å². The fraction of sp³-hybridized carbons (Fsp3) is 0.240. The molecule has 1 unspecified atom stereocenters. The van der Waals surface area contributed by atoms with Crippen molar-refractivity contribution in [2.75, 3.05) is 16.8 Å². The second-order valence-corrected chi connectivity index (χ2v) is 12.3. The van der Waals surface area contributed by atoms with E-state index in [2.05, 4.69) is 5.32 Å². The first-order valence-electron chi connectivity index (χ1n) is 10.6. The molecule has 180 valence electrons. The number of hydrogen-bond donors (Lipinski definition) is 1. The number of carbonyl (C=O) groups is 1. The maximum Gasteiger partial charge on any atom is 0.251 e. The van der Waals surface area contributed by atoms with Gasteiger partial charge in [-0.25, -0.2) is 16.8 Å². The van der Waals surface area contributed by atoms with Crippen LogP contribution in [0.4, 0.5) is 5.69 Å². The van der Waals surface area contributed by atoms with Crippen LogP contribution in [0.5, 0.6) is 0 Å². The Labute approximate surface area is 201 Å². The molecule has 1 amide bonds. The van der Waals surface area contributed by atoms with Crippen LogP contribution in [0.3, 0.4) is 0 Å². The van der Waals surface area contributed by atoms with E-state index in [0.717, 1.165) is 29.2 Å². The SMILES string of the molecule is Cc1ccc(CN(c2ccc(C(=O)NC(C)c3ccc(S(C)(=O)=O)cc3)cc2)S(C)(=O)=O)cc1. The van der Waals surface area contributed by atoms with Gasteiger partial charge in [-0.2, -0.15) is 0 Å². The molecular formula is C25H28N2O5S2. The number of anilines is 1. The van der Waals surface area contributed by atoms with Gasteiger partial charge in [-0.3, -0.25) is 9.10 Å². The fourth-order valence-electron chi connectivity index (χ4n) is 3.41. The molecule has 1 atom stereocenters. The van der Waals surface area contributed by atoms with E-state index in [0.29, 0.717) is 11.3 Å². The minimum absolute atomic E-state index is 0.186. The number of carbonyl (C=O) groups excluding carboxylic acids is 1. The predicted molar refractivity (Wildman–Crippen MR) is 134 cm³/mol. The van der Waals surface area contributed by atoms with Gasteiger partial charge in [-0.15, -0.1) is 0 Å². The minimum atomic E-state index is -3.54. The molecule has 0 aliphatic heterocycles. The lowest BCUT2D eigenvalue weighted by molar-refractivity contribution is 0.0940. The molecule has 3 rings (SSSR count). The maximum absolute atomic E-state index is 12.7. The van der Waals surface area contributed by atoms with Crippen LogP contribution in [-0.2, 0) is 26.4 Å². The summed E-state index contributed by atoms with van der Waals surface area (Å²) in [6.07, 6.45) is 2.29. The lowest BCUT2D eigenvalue weighted by Gasteiger charge is -2.23. The van der Waals surface area contributed by atoms with Gasteiger partial charge in [0.2, 0.25) is 10.0 Å². The lowest BCUT2D eigenvalue weighted by atomic mass is 10.1. The van der Waals surface area contributed by atoms with Crippen molar-refractivity contribution >= 4 is 31.5 Å². The quantitative estimate of drug-likeness (QED) is 0.506. The monoisotopic (exact) mass is 500 g/mol. The van der Waals surface area contributed by atoms with E-state index in [1.165, 1.54) is 16.4 Å². The smallest absolute Gasteiger partial charge is 0.251 e. The summed E-state index contributed by atoms with van der Waals surface area (Å²) in [7, 11) is -6.83. The Morgan fingerprint density at radius 1 is 0.853 bits per heavy atom.